The Labute approximate surface area is 163 Å². The van der Waals surface area contributed by atoms with E-state index in [1.807, 2.05) is 0 Å². The molecular weight excluding hydrogens is 326 g/mol. The topological polar surface area (TPSA) is 3.24 Å². The van der Waals surface area contributed by atoms with Crippen LogP contribution in [0.5, 0.6) is 0 Å². The normalized spacial score (nSPS) is 17.0. The lowest BCUT2D eigenvalue weighted by Crippen LogP contribution is -2.38. The predicted molar refractivity (Wildman–Crippen MR) is 116 cm³/mol. The Morgan fingerprint density at radius 3 is 1.78 bits per heavy atom. The Hall–Kier alpha value is -2.38. The molecular formula is C26H29N. The van der Waals surface area contributed by atoms with E-state index >= 15 is 0 Å². The van der Waals surface area contributed by atoms with Crippen molar-refractivity contribution in [1.82, 2.24) is 4.90 Å². The highest BCUT2D eigenvalue weighted by Crippen LogP contribution is 2.36. The van der Waals surface area contributed by atoms with Crippen molar-refractivity contribution in [3.05, 3.63) is 83.9 Å². The monoisotopic (exact) mass is 355 g/mol. The lowest BCUT2D eigenvalue weighted by Gasteiger charge is -2.38. The van der Waals surface area contributed by atoms with E-state index in [2.05, 4.69) is 98.6 Å². The van der Waals surface area contributed by atoms with Crippen LogP contribution in [0, 0.1) is 6.92 Å². The summed E-state index contributed by atoms with van der Waals surface area (Å²) in [6, 6.07) is 26.9. The van der Waals surface area contributed by atoms with Crippen molar-refractivity contribution in [2.24, 2.45) is 0 Å². The third kappa shape index (κ3) is 3.84. The number of nitrogens with zero attached hydrogens (tertiary/aromatic N) is 1. The average Bonchev–Trinajstić information content (AvgIpc) is 2.71. The second kappa shape index (κ2) is 7.32. The number of hydrogen-bond donors (Lipinski definition) is 0. The smallest absolute Gasteiger partial charge is 0.00134 e. The van der Waals surface area contributed by atoms with E-state index in [1.54, 1.807) is 0 Å². The van der Waals surface area contributed by atoms with E-state index in [4.69, 9.17) is 0 Å². The van der Waals surface area contributed by atoms with Crippen LogP contribution in [0.4, 0.5) is 0 Å². The molecule has 4 rings (SSSR count). The zero-order valence-corrected chi connectivity index (χ0v) is 16.7. The molecule has 3 aromatic rings. The second-order valence-corrected chi connectivity index (χ2v) is 8.39. The van der Waals surface area contributed by atoms with Crippen LogP contribution in [0.1, 0.15) is 30.9 Å². The minimum absolute atomic E-state index is 0.314. The molecule has 1 saturated heterocycles. The van der Waals surface area contributed by atoms with Crippen LogP contribution in [0.15, 0.2) is 72.8 Å². The lowest BCUT2D eigenvalue weighted by atomic mass is 9.74. The van der Waals surface area contributed by atoms with Crippen LogP contribution < -0.4 is 0 Å². The lowest BCUT2D eigenvalue weighted by molar-refractivity contribution is 0.200. The van der Waals surface area contributed by atoms with Gasteiger partial charge in [0.2, 0.25) is 0 Å². The Bertz CT molecular complexity index is 898. The van der Waals surface area contributed by atoms with Gasteiger partial charge in [0.1, 0.15) is 0 Å². The second-order valence-electron chi connectivity index (χ2n) is 8.39. The molecule has 0 bridgehead atoms. The highest BCUT2D eigenvalue weighted by atomic mass is 15.1. The zero-order valence-electron chi connectivity index (χ0n) is 16.7. The molecule has 0 aliphatic carbocycles. The van der Waals surface area contributed by atoms with Crippen LogP contribution >= 0.6 is 0 Å². The van der Waals surface area contributed by atoms with Crippen molar-refractivity contribution in [3.8, 4) is 22.3 Å². The number of rotatable bonds is 3. The van der Waals surface area contributed by atoms with E-state index in [-0.39, 0.29) is 0 Å². The third-order valence-corrected chi connectivity index (χ3v) is 6.25. The van der Waals surface area contributed by atoms with Gasteiger partial charge in [0.15, 0.2) is 0 Å². The first kappa shape index (κ1) is 18.0. The fourth-order valence-electron chi connectivity index (χ4n) is 4.09. The molecule has 0 unspecified atom stereocenters. The Morgan fingerprint density at radius 1 is 0.704 bits per heavy atom. The molecule has 1 heterocycles. The summed E-state index contributed by atoms with van der Waals surface area (Å²) in [4.78, 5) is 2.44. The molecule has 1 heteroatoms. The molecule has 0 N–H and O–H groups in total. The molecule has 0 spiro atoms. The van der Waals surface area contributed by atoms with Crippen molar-refractivity contribution >= 4 is 0 Å². The maximum atomic E-state index is 2.44. The van der Waals surface area contributed by atoms with Gasteiger partial charge in [-0.2, -0.15) is 0 Å². The first-order chi connectivity index (χ1) is 13.0. The van der Waals surface area contributed by atoms with Gasteiger partial charge < -0.3 is 4.90 Å². The summed E-state index contributed by atoms with van der Waals surface area (Å²) in [5.74, 6) is 0. The van der Waals surface area contributed by atoms with E-state index in [0.29, 0.717) is 5.41 Å². The molecule has 0 radical (unpaired) electrons. The predicted octanol–water partition coefficient (Wildman–Crippen LogP) is 6.31. The summed E-state index contributed by atoms with van der Waals surface area (Å²) >= 11 is 0. The summed E-state index contributed by atoms with van der Waals surface area (Å²) in [7, 11) is 2.23. The summed E-state index contributed by atoms with van der Waals surface area (Å²) in [5, 5.41) is 0. The molecule has 0 amide bonds. The number of likely N-dealkylation sites (tertiary alicyclic amines) is 1. The average molecular weight is 356 g/mol. The molecule has 1 aliphatic heterocycles. The maximum absolute atomic E-state index is 2.44. The number of hydrogen-bond acceptors (Lipinski definition) is 1. The van der Waals surface area contributed by atoms with Gasteiger partial charge >= 0.3 is 0 Å². The van der Waals surface area contributed by atoms with Crippen LogP contribution in [0.2, 0.25) is 0 Å². The molecule has 1 fully saturated rings. The summed E-state index contributed by atoms with van der Waals surface area (Å²) in [6.45, 7) is 6.94. The number of piperidine rings is 1. The van der Waals surface area contributed by atoms with Crippen LogP contribution in [-0.2, 0) is 5.41 Å². The van der Waals surface area contributed by atoms with Crippen molar-refractivity contribution in [3.63, 3.8) is 0 Å². The number of benzene rings is 3. The third-order valence-electron chi connectivity index (χ3n) is 6.25. The van der Waals surface area contributed by atoms with E-state index < -0.39 is 0 Å². The molecule has 1 nitrogen and oxygen atoms in total. The molecule has 138 valence electrons. The quantitative estimate of drug-likeness (QED) is 0.532. The molecule has 1 aliphatic rings. The number of aryl methyl sites for hydroxylation is 1. The Kier molecular flexibility index (Phi) is 4.88. The van der Waals surface area contributed by atoms with Crippen LogP contribution in [0.25, 0.3) is 22.3 Å². The van der Waals surface area contributed by atoms with Gasteiger partial charge in [-0.1, -0.05) is 79.2 Å². The molecule has 27 heavy (non-hydrogen) atoms. The first-order valence-electron chi connectivity index (χ1n) is 10.0. The maximum Gasteiger partial charge on any atom is -0.00134 e. The molecule has 0 atom stereocenters. The fourth-order valence-corrected chi connectivity index (χ4v) is 4.09. The van der Waals surface area contributed by atoms with Crippen LogP contribution in [-0.4, -0.2) is 25.0 Å². The van der Waals surface area contributed by atoms with Gasteiger partial charge in [-0.25, -0.2) is 0 Å². The molecule has 3 aromatic carbocycles. The minimum Gasteiger partial charge on any atom is -0.306 e. The summed E-state index contributed by atoms with van der Waals surface area (Å²) in [6.07, 6.45) is 2.48. The van der Waals surface area contributed by atoms with E-state index in [1.165, 1.54) is 59.3 Å². The first-order valence-corrected chi connectivity index (χ1v) is 10.0. The zero-order chi connectivity index (χ0) is 18.9. The van der Waals surface area contributed by atoms with Crippen molar-refractivity contribution < 1.29 is 0 Å². The van der Waals surface area contributed by atoms with Gasteiger partial charge in [0, 0.05) is 0 Å². The fraction of sp³-hybridized carbons (Fsp3) is 0.308. The van der Waals surface area contributed by atoms with Gasteiger partial charge in [-0.3, -0.25) is 0 Å². The largest absolute Gasteiger partial charge is 0.306 e. The SMILES string of the molecule is Cc1ccc(-c2cccc(-c3ccc(C4(C)CCN(C)CC4)cc3)c2)cc1. The van der Waals surface area contributed by atoms with Gasteiger partial charge in [0.05, 0.1) is 0 Å². The Morgan fingerprint density at radius 2 is 1.22 bits per heavy atom. The van der Waals surface area contributed by atoms with Gasteiger partial charge in [0.25, 0.3) is 0 Å². The van der Waals surface area contributed by atoms with E-state index in [9.17, 15) is 0 Å². The standard InChI is InChI=1S/C26H29N/c1-20-7-9-21(10-8-20)23-5-4-6-24(19-23)22-11-13-25(14-12-22)26(2)15-17-27(3)18-16-26/h4-14,19H,15-18H2,1-3H3. The Balaban J connectivity index is 1.59. The summed E-state index contributed by atoms with van der Waals surface area (Å²) < 4.78 is 0. The van der Waals surface area contributed by atoms with Crippen molar-refractivity contribution in [2.45, 2.75) is 32.1 Å². The highest BCUT2D eigenvalue weighted by Gasteiger charge is 2.30. The van der Waals surface area contributed by atoms with Crippen molar-refractivity contribution in [2.75, 3.05) is 20.1 Å². The van der Waals surface area contributed by atoms with Crippen LogP contribution in [0.3, 0.4) is 0 Å². The molecule has 0 aromatic heterocycles. The van der Waals surface area contributed by atoms with E-state index in [0.717, 1.165) is 0 Å². The van der Waals surface area contributed by atoms with Gasteiger partial charge in [-0.15, -0.1) is 0 Å². The van der Waals surface area contributed by atoms with Crippen molar-refractivity contribution in [1.29, 1.82) is 0 Å². The molecule has 0 saturated carbocycles. The summed E-state index contributed by atoms with van der Waals surface area (Å²) in [5.41, 5.74) is 8.23. The highest BCUT2D eigenvalue weighted by molar-refractivity contribution is 5.73. The van der Waals surface area contributed by atoms with Gasteiger partial charge in [-0.05, 0) is 79.2 Å². The minimum atomic E-state index is 0.314.